The van der Waals surface area contributed by atoms with Gasteiger partial charge in [-0.05, 0) is 31.2 Å². The van der Waals surface area contributed by atoms with Gasteiger partial charge in [-0.3, -0.25) is 14.6 Å². The number of carbonyl (C=O) groups is 2. The van der Waals surface area contributed by atoms with Crippen molar-refractivity contribution in [3.63, 3.8) is 0 Å². The van der Waals surface area contributed by atoms with Crippen molar-refractivity contribution in [2.75, 3.05) is 23.4 Å². The van der Waals surface area contributed by atoms with E-state index in [9.17, 15) is 9.59 Å². The van der Waals surface area contributed by atoms with Crippen LogP contribution in [0.15, 0.2) is 48.8 Å². The number of rotatable bonds is 5. The highest BCUT2D eigenvalue weighted by molar-refractivity contribution is 6.04. The Morgan fingerprint density at radius 2 is 2.04 bits per heavy atom. The number of benzene rings is 1. The summed E-state index contributed by atoms with van der Waals surface area (Å²) in [7, 11) is 0. The first-order chi connectivity index (χ1) is 11.7. The van der Waals surface area contributed by atoms with Gasteiger partial charge in [-0.25, -0.2) is 0 Å². The molecule has 2 aromatic rings. The van der Waals surface area contributed by atoms with Crippen LogP contribution in [0.5, 0.6) is 5.75 Å². The molecule has 0 bridgehead atoms. The molecule has 0 radical (unpaired) electrons. The van der Waals surface area contributed by atoms with Gasteiger partial charge in [0.2, 0.25) is 11.8 Å². The molecular weight excluding hydrogens is 306 g/mol. The van der Waals surface area contributed by atoms with E-state index in [1.807, 2.05) is 31.2 Å². The summed E-state index contributed by atoms with van der Waals surface area (Å²) in [6.07, 6.45) is 3.41. The molecule has 0 saturated carbocycles. The van der Waals surface area contributed by atoms with Crippen LogP contribution in [0.25, 0.3) is 0 Å². The molecule has 1 fully saturated rings. The van der Waals surface area contributed by atoms with Gasteiger partial charge in [-0.1, -0.05) is 12.1 Å². The van der Waals surface area contributed by atoms with E-state index < -0.39 is 0 Å². The second kappa shape index (κ2) is 7.12. The molecule has 1 N–H and O–H groups in total. The highest BCUT2D eigenvalue weighted by Gasteiger charge is 2.36. The number of amides is 2. The van der Waals surface area contributed by atoms with Gasteiger partial charge in [0.25, 0.3) is 0 Å². The van der Waals surface area contributed by atoms with Crippen molar-refractivity contribution in [3.05, 3.63) is 48.8 Å². The topological polar surface area (TPSA) is 71.5 Å². The van der Waals surface area contributed by atoms with Crippen LogP contribution in [-0.4, -0.2) is 29.9 Å². The molecule has 1 atom stereocenters. The predicted octanol–water partition coefficient (Wildman–Crippen LogP) is 2.47. The number of anilines is 2. The number of nitrogens with one attached hydrogen (secondary N) is 1. The lowest BCUT2D eigenvalue weighted by molar-refractivity contribution is -0.122. The molecule has 3 rings (SSSR count). The lowest BCUT2D eigenvalue weighted by Crippen LogP contribution is -2.28. The summed E-state index contributed by atoms with van der Waals surface area (Å²) in [5.74, 6) is 0.0341. The second-order valence-electron chi connectivity index (χ2n) is 5.53. The van der Waals surface area contributed by atoms with Crippen LogP contribution in [-0.2, 0) is 9.59 Å². The number of aromatic nitrogens is 1. The molecule has 6 heteroatoms. The number of pyridine rings is 1. The maximum atomic E-state index is 12.4. The summed E-state index contributed by atoms with van der Waals surface area (Å²) >= 11 is 0. The molecule has 1 aliphatic rings. The lowest BCUT2D eigenvalue weighted by atomic mass is 10.1. The van der Waals surface area contributed by atoms with E-state index in [-0.39, 0.29) is 24.2 Å². The molecule has 1 unspecified atom stereocenters. The Labute approximate surface area is 140 Å². The third kappa shape index (κ3) is 3.37. The van der Waals surface area contributed by atoms with Crippen molar-refractivity contribution in [1.82, 2.24) is 4.98 Å². The third-order valence-electron chi connectivity index (χ3n) is 3.90. The highest BCUT2D eigenvalue weighted by atomic mass is 16.5. The number of hydrogen-bond donors (Lipinski definition) is 1. The summed E-state index contributed by atoms with van der Waals surface area (Å²) in [6, 6.07) is 10.8. The molecule has 2 heterocycles. The first-order valence-corrected chi connectivity index (χ1v) is 7.92. The Bertz CT molecular complexity index is 733. The summed E-state index contributed by atoms with van der Waals surface area (Å²) in [6.45, 7) is 2.76. The fraction of sp³-hybridized carbons (Fsp3) is 0.278. The minimum atomic E-state index is -0.389. The van der Waals surface area contributed by atoms with Gasteiger partial charge in [-0.2, -0.15) is 0 Å². The van der Waals surface area contributed by atoms with Crippen molar-refractivity contribution < 1.29 is 14.3 Å². The molecule has 24 heavy (non-hydrogen) atoms. The number of carbonyl (C=O) groups excluding carboxylic acids is 2. The molecular formula is C18H19N3O3. The Morgan fingerprint density at radius 3 is 2.79 bits per heavy atom. The van der Waals surface area contributed by atoms with Crippen LogP contribution in [0.3, 0.4) is 0 Å². The van der Waals surface area contributed by atoms with Gasteiger partial charge < -0.3 is 15.0 Å². The van der Waals surface area contributed by atoms with E-state index in [2.05, 4.69) is 10.3 Å². The zero-order chi connectivity index (χ0) is 16.9. The van der Waals surface area contributed by atoms with Crippen LogP contribution in [0.1, 0.15) is 13.3 Å². The molecule has 6 nitrogen and oxygen atoms in total. The Kier molecular flexibility index (Phi) is 4.74. The Morgan fingerprint density at radius 1 is 1.29 bits per heavy atom. The van der Waals surface area contributed by atoms with Gasteiger partial charge in [0.05, 0.1) is 18.2 Å². The molecule has 124 valence electrons. The summed E-state index contributed by atoms with van der Waals surface area (Å²) in [5.41, 5.74) is 1.39. The Hall–Kier alpha value is -2.89. The number of para-hydroxylation sites is 2. The van der Waals surface area contributed by atoms with Gasteiger partial charge >= 0.3 is 0 Å². The third-order valence-corrected chi connectivity index (χ3v) is 3.90. The monoisotopic (exact) mass is 325 g/mol. The average Bonchev–Trinajstić information content (AvgIpc) is 2.98. The molecule has 1 aromatic heterocycles. The van der Waals surface area contributed by atoms with Crippen molar-refractivity contribution in [2.45, 2.75) is 13.3 Å². The molecule has 1 aromatic carbocycles. The molecule has 1 saturated heterocycles. The molecule has 0 aliphatic carbocycles. The minimum Gasteiger partial charge on any atom is -0.492 e. The van der Waals surface area contributed by atoms with Crippen molar-refractivity contribution in [1.29, 1.82) is 0 Å². The van der Waals surface area contributed by atoms with Crippen LogP contribution in [0.4, 0.5) is 11.4 Å². The molecule has 2 amide bonds. The first kappa shape index (κ1) is 16.0. The predicted molar refractivity (Wildman–Crippen MR) is 90.9 cm³/mol. The number of hydrogen-bond acceptors (Lipinski definition) is 4. The van der Waals surface area contributed by atoms with Crippen LogP contribution in [0, 0.1) is 5.92 Å². The SMILES string of the molecule is CCOc1ccccc1N1CC(C(=O)Nc2ccncc2)CC1=O. The van der Waals surface area contributed by atoms with E-state index >= 15 is 0 Å². The smallest absolute Gasteiger partial charge is 0.229 e. The van der Waals surface area contributed by atoms with E-state index in [0.717, 1.165) is 0 Å². The lowest BCUT2D eigenvalue weighted by Gasteiger charge is -2.20. The fourth-order valence-corrected chi connectivity index (χ4v) is 2.75. The van der Waals surface area contributed by atoms with Crippen molar-refractivity contribution >= 4 is 23.2 Å². The van der Waals surface area contributed by atoms with Crippen LogP contribution >= 0.6 is 0 Å². The Balaban J connectivity index is 1.73. The van der Waals surface area contributed by atoms with E-state index in [0.29, 0.717) is 30.3 Å². The fourth-order valence-electron chi connectivity index (χ4n) is 2.75. The quantitative estimate of drug-likeness (QED) is 0.917. The van der Waals surface area contributed by atoms with Crippen molar-refractivity contribution in [3.8, 4) is 5.75 Å². The van der Waals surface area contributed by atoms with E-state index in [1.165, 1.54) is 0 Å². The van der Waals surface area contributed by atoms with Crippen LogP contribution in [0.2, 0.25) is 0 Å². The normalized spacial score (nSPS) is 17.0. The van der Waals surface area contributed by atoms with Gasteiger partial charge in [0, 0.05) is 31.0 Å². The average molecular weight is 325 g/mol. The second-order valence-corrected chi connectivity index (χ2v) is 5.53. The summed E-state index contributed by atoms with van der Waals surface area (Å²) in [5, 5.41) is 2.83. The van der Waals surface area contributed by atoms with Gasteiger partial charge in [-0.15, -0.1) is 0 Å². The molecule has 0 spiro atoms. The molecule has 1 aliphatic heterocycles. The maximum Gasteiger partial charge on any atom is 0.229 e. The van der Waals surface area contributed by atoms with Gasteiger partial charge in [0.15, 0.2) is 0 Å². The zero-order valence-electron chi connectivity index (χ0n) is 13.4. The van der Waals surface area contributed by atoms with E-state index in [1.54, 1.807) is 29.4 Å². The maximum absolute atomic E-state index is 12.4. The number of ether oxygens (including phenoxy) is 1. The summed E-state index contributed by atoms with van der Waals surface area (Å²) < 4.78 is 5.59. The van der Waals surface area contributed by atoms with Gasteiger partial charge in [0.1, 0.15) is 5.75 Å². The largest absolute Gasteiger partial charge is 0.492 e. The standard InChI is InChI=1S/C18H19N3O3/c1-2-24-16-6-4-3-5-15(16)21-12-13(11-17(21)22)18(23)20-14-7-9-19-10-8-14/h3-10,13H,2,11-12H2,1H3,(H,19,20,23). The highest BCUT2D eigenvalue weighted by Crippen LogP contribution is 2.33. The first-order valence-electron chi connectivity index (χ1n) is 7.92. The summed E-state index contributed by atoms with van der Waals surface area (Å²) in [4.78, 5) is 30.3. The van der Waals surface area contributed by atoms with E-state index in [4.69, 9.17) is 4.74 Å². The zero-order valence-corrected chi connectivity index (χ0v) is 13.4. The van der Waals surface area contributed by atoms with Crippen LogP contribution < -0.4 is 15.0 Å². The number of nitrogens with zero attached hydrogens (tertiary/aromatic N) is 2. The minimum absolute atomic E-state index is 0.0722. The van der Waals surface area contributed by atoms with Crippen molar-refractivity contribution in [2.24, 2.45) is 5.92 Å².